The van der Waals surface area contributed by atoms with Crippen molar-refractivity contribution >= 4 is 14.7 Å². The van der Waals surface area contributed by atoms with Crippen molar-refractivity contribution in [1.82, 2.24) is 5.32 Å². The highest BCUT2D eigenvalue weighted by atomic mass is 28.4. The maximum absolute atomic E-state index is 10.7. The van der Waals surface area contributed by atoms with E-state index in [-0.39, 0.29) is 18.1 Å². The van der Waals surface area contributed by atoms with Crippen LogP contribution < -0.4 is 5.32 Å². The Morgan fingerprint density at radius 3 is 1.91 bits per heavy atom. The summed E-state index contributed by atoms with van der Waals surface area (Å²) in [5.74, 6) is 0. The molecule has 5 heteroatoms. The second-order valence-electron chi connectivity index (χ2n) is 8.28. The molecule has 1 atom stereocenters. The number of aliphatic hydroxyl groups is 1. The van der Waals surface area contributed by atoms with E-state index in [4.69, 9.17) is 4.43 Å². The van der Waals surface area contributed by atoms with Gasteiger partial charge in [-0.25, -0.2) is 0 Å². The molecule has 0 saturated heterocycles. The maximum Gasteiger partial charge on any atom is 0.207 e. The van der Waals surface area contributed by atoms with Gasteiger partial charge in [0.2, 0.25) is 14.7 Å². The molecule has 0 saturated carbocycles. The van der Waals surface area contributed by atoms with E-state index in [2.05, 4.69) is 60.7 Å². The van der Waals surface area contributed by atoms with Gasteiger partial charge in [-0.3, -0.25) is 4.79 Å². The zero-order valence-corrected chi connectivity index (χ0v) is 17.5. The van der Waals surface area contributed by atoms with E-state index in [1.807, 2.05) is 0 Å². The SMILES string of the molecule is CC(C)[Si](OC(CCCO)C(C)(C)CNC=O)(C(C)C)C(C)C. The fourth-order valence-corrected chi connectivity index (χ4v) is 9.71. The Kier molecular flexibility index (Phi) is 9.63. The van der Waals surface area contributed by atoms with Gasteiger partial charge in [0.05, 0.1) is 6.10 Å². The summed E-state index contributed by atoms with van der Waals surface area (Å²) in [6, 6.07) is 0. The standard InChI is InChI=1S/C18H39NO3Si/c1-14(2)23(15(3)4,16(5)6)22-17(10-9-11-20)18(7,8)12-19-13-21/h13-17,20H,9-12H2,1-8H3,(H,19,21). The van der Waals surface area contributed by atoms with E-state index in [1.54, 1.807) is 0 Å². The average Bonchev–Trinajstić information content (AvgIpc) is 2.43. The van der Waals surface area contributed by atoms with Gasteiger partial charge in [0.25, 0.3) is 0 Å². The molecule has 0 radical (unpaired) electrons. The molecule has 0 aliphatic carbocycles. The summed E-state index contributed by atoms with van der Waals surface area (Å²) >= 11 is 0. The van der Waals surface area contributed by atoms with E-state index < -0.39 is 8.32 Å². The van der Waals surface area contributed by atoms with Crippen LogP contribution in [0.1, 0.15) is 68.2 Å². The fourth-order valence-electron chi connectivity index (χ4n) is 3.96. The highest BCUT2D eigenvalue weighted by molar-refractivity contribution is 6.77. The number of aliphatic hydroxyl groups excluding tert-OH is 1. The molecule has 1 unspecified atom stereocenters. The van der Waals surface area contributed by atoms with Gasteiger partial charge in [-0.05, 0) is 29.5 Å². The van der Waals surface area contributed by atoms with Crippen molar-refractivity contribution in [2.45, 2.75) is 91.0 Å². The van der Waals surface area contributed by atoms with Gasteiger partial charge in [0, 0.05) is 18.6 Å². The lowest BCUT2D eigenvalue weighted by Crippen LogP contribution is -2.54. The first kappa shape index (κ1) is 22.6. The lowest BCUT2D eigenvalue weighted by atomic mass is 9.84. The van der Waals surface area contributed by atoms with Crippen LogP contribution in [-0.2, 0) is 9.22 Å². The van der Waals surface area contributed by atoms with Crippen molar-refractivity contribution in [3.8, 4) is 0 Å². The van der Waals surface area contributed by atoms with Crippen LogP contribution >= 0.6 is 0 Å². The Morgan fingerprint density at radius 1 is 1.09 bits per heavy atom. The van der Waals surface area contributed by atoms with Crippen molar-refractivity contribution < 1.29 is 14.3 Å². The summed E-state index contributed by atoms with van der Waals surface area (Å²) in [6.07, 6.45) is 2.35. The summed E-state index contributed by atoms with van der Waals surface area (Å²) in [5, 5.41) is 12.1. The lowest BCUT2D eigenvalue weighted by Gasteiger charge is -2.48. The summed E-state index contributed by atoms with van der Waals surface area (Å²) in [5.41, 5.74) is 1.41. The number of rotatable bonds is 12. The molecule has 2 N–H and O–H groups in total. The fraction of sp³-hybridized carbons (Fsp3) is 0.944. The average molecular weight is 346 g/mol. The minimum absolute atomic E-state index is 0.0426. The van der Waals surface area contributed by atoms with Gasteiger partial charge >= 0.3 is 0 Å². The molecular formula is C18H39NO3Si. The maximum atomic E-state index is 10.7. The third-order valence-electron chi connectivity index (χ3n) is 5.19. The van der Waals surface area contributed by atoms with Crippen molar-refractivity contribution in [2.24, 2.45) is 5.41 Å². The van der Waals surface area contributed by atoms with Gasteiger partial charge in [0.1, 0.15) is 0 Å². The van der Waals surface area contributed by atoms with Crippen LogP contribution in [0.25, 0.3) is 0 Å². The topological polar surface area (TPSA) is 58.6 Å². The monoisotopic (exact) mass is 345 g/mol. The molecular weight excluding hydrogens is 306 g/mol. The summed E-state index contributed by atoms with van der Waals surface area (Å²) < 4.78 is 6.96. The van der Waals surface area contributed by atoms with Crippen LogP contribution in [0.3, 0.4) is 0 Å². The van der Waals surface area contributed by atoms with E-state index in [0.717, 1.165) is 19.3 Å². The van der Waals surface area contributed by atoms with Crippen LogP contribution in [0.2, 0.25) is 16.6 Å². The molecule has 0 heterocycles. The van der Waals surface area contributed by atoms with Gasteiger partial charge in [-0.2, -0.15) is 0 Å². The molecule has 0 fully saturated rings. The number of carbonyl (C=O) groups excluding carboxylic acids is 1. The normalized spacial score (nSPS) is 14.6. The number of amides is 1. The zero-order valence-electron chi connectivity index (χ0n) is 16.5. The van der Waals surface area contributed by atoms with Crippen LogP contribution in [0.15, 0.2) is 0 Å². The third kappa shape index (κ3) is 5.87. The molecule has 0 aliphatic rings. The Hall–Kier alpha value is -0.393. The first-order valence-corrected chi connectivity index (χ1v) is 11.2. The lowest BCUT2D eigenvalue weighted by molar-refractivity contribution is -0.110. The predicted molar refractivity (Wildman–Crippen MR) is 100 cm³/mol. The van der Waals surface area contributed by atoms with E-state index >= 15 is 0 Å². The highest BCUT2D eigenvalue weighted by Crippen LogP contribution is 2.45. The van der Waals surface area contributed by atoms with Crippen molar-refractivity contribution in [3.05, 3.63) is 0 Å². The predicted octanol–water partition coefficient (Wildman–Crippen LogP) is 4.09. The molecule has 0 aromatic carbocycles. The van der Waals surface area contributed by atoms with Crippen molar-refractivity contribution in [1.29, 1.82) is 0 Å². The third-order valence-corrected chi connectivity index (χ3v) is 11.3. The molecule has 0 aromatic rings. The second-order valence-corrected chi connectivity index (χ2v) is 13.7. The molecule has 0 bridgehead atoms. The number of hydrogen-bond acceptors (Lipinski definition) is 3. The summed E-state index contributed by atoms with van der Waals surface area (Å²) in [7, 11) is -1.99. The summed E-state index contributed by atoms with van der Waals surface area (Å²) in [4.78, 5) is 10.7. The first-order valence-electron chi connectivity index (χ1n) is 9.01. The smallest absolute Gasteiger partial charge is 0.207 e. The van der Waals surface area contributed by atoms with Gasteiger partial charge in [-0.15, -0.1) is 0 Å². The van der Waals surface area contributed by atoms with Crippen LogP contribution in [0, 0.1) is 5.41 Å². The quantitative estimate of drug-likeness (QED) is 0.414. The van der Waals surface area contributed by atoms with Crippen LogP contribution in [0.4, 0.5) is 0 Å². The number of nitrogens with one attached hydrogen (secondary N) is 1. The van der Waals surface area contributed by atoms with Crippen LogP contribution in [0.5, 0.6) is 0 Å². The van der Waals surface area contributed by atoms with Gasteiger partial charge in [-0.1, -0.05) is 55.4 Å². The second kappa shape index (κ2) is 9.79. The van der Waals surface area contributed by atoms with E-state index in [0.29, 0.717) is 23.2 Å². The first-order chi connectivity index (χ1) is 10.6. The molecule has 0 aromatic heterocycles. The molecule has 0 rings (SSSR count). The molecule has 138 valence electrons. The minimum atomic E-state index is -1.99. The number of hydrogen-bond donors (Lipinski definition) is 2. The summed E-state index contributed by atoms with van der Waals surface area (Å²) in [6.45, 7) is 18.8. The Labute approximate surface area is 144 Å². The molecule has 4 nitrogen and oxygen atoms in total. The number of carbonyl (C=O) groups is 1. The molecule has 1 amide bonds. The van der Waals surface area contributed by atoms with Gasteiger partial charge in [0.15, 0.2) is 0 Å². The van der Waals surface area contributed by atoms with Crippen molar-refractivity contribution in [3.63, 3.8) is 0 Å². The van der Waals surface area contributed by atoms with Crippen molar-refractivity contribution in [2.75, 3.05) is 13.2 Å². The molecule has 0 spiro atoms. The Balaban J connectivity index is 5.56. The molecule has 23 heavy (non-hydrogen) atoms. The minimum Gasteiger partial charge on any atom is -0.413 e. The Bertz CT molecular complexity index is 321. The van der Waals surface area contributed by atoms with E-state index in [9.17, 15) is 9.90 Å². The zero-order chi connectivity index (χ0) is 18.3. The highest BCUT2D eigenvalue weighted by Gasteiger charge is 2.48. The van der Waals surface area contributed by atoms with E-state index in [1.165, 1.54) is 0 Å². The molecule has 0 aliphatic heterocycles. The van der Waals surface area contributed by atoms with Crippen LogP contribution in [-0.4, -0.2) is 39.1 Å². The largest absolute Gasteiger partial charge is 0.413 e. The Morgan fingerprint density at radius 2 is 1.57 bits per heavy atom. The van der Waals surface area contributed by atoms with Gasteiger partial charge < -0.3 is 14.8 Å².